The van der Waals surface area contributed by atoms with Crippen LogP contribution < -0.4 is 0 Å². The summed E-state index contributed by atoms with van der Waals surface area (Å²) < 4.78 is 35.8. The maximum atomic E-state index is 14.3. The number of benzene rings is 2. The summed E-state index contributed by atoms with van der Waals surface area (Å²) in [5.74, 6) is 0. The van der Waals surface area contributed by atoms with E-state index >= 15 is 0 Å². The quantitative estimate of drug-likeness (QED) is 0.293. The number of fused-ring (bicyclic) bond motifs is 10. The van der Waals surface area contributed by atoms with Crippen LogP contribution in [0.1, 0.15) is 57.0 Å². The molecule has 1 amide bonds. The van der Waals surface area contributed by atoms with Gasteiger partial charge in [0.15, 0.2) is 0 Å². The minimum atomic E-state index is -4.04. The fourth-order valence-electron chi connectivity index (χ4n) is 6.22. The molecule has 0 unspecified atom stereocenters. The predicted molar refractivity (Wildman–Crippen MR) is 141 cm³/mol. The zero-order chi connectivity index (χ0) is 26.5. The zero-order valence-electron chi connectivity index (χ0n) is 21.1. The van der Waals surface area contributed by atoms with Gasteiger partial charge in [0.25, 0.3) is 10.0 Å². The molecule has 2 aliphatic heterocycles. The second kappa shape index (κ2) is 7.36. The van der Waals surface area contributed by atoms with E-state index in [1.54, 1.807) is 68.3 Å². The Morgan fingerprint density at radius 1 is 0.946 bits per heavy atom. The van der Waals surface area contributed by atoms with E-state index in [2.05, 4.69) is 4.98 Å². The van der Waals surface area contributed by atoms with Gasteiger partial charge in [-0.05, 0) is 64.4 Å². The number of carbonyl (C=O) groups is 1. The number of hydrogen-bond donors (Lipinski definition) is 0. The molecule has 6 rings (SSSR count). The van der Waals surface area contributed by atoms with Crippen LogP contribution >= 0.6 is 11.6 Å². The minimum absolute atomic E-state index is 0.159. The Labute approximate surface area is 220 Å². The van der Waals surface area contributed by atoms with Crippen LogP contribution in [-0.2, 0) is 25.8 Å². The Kier molecular flexibility index (Phi) is 4.77. The molecule has 2 aromatic heterocycles. The van der Waals surface area contributed by atoms with Crippen LogP contribution in [0, 0.1) is 0 Å². The first-order valence-corrected chi connectivity index (χ1v) is 13.8. The van der Waals surface area contributed by atoms with E-state index in [0.717, 1.165) is 10.9 Å². The first-order valence-electron chi connectivity index (χ1n) is 12.0. The lowest BCUT2D eigenvalue weighted by molar-refractivity contribution is -0.00517. The molecule has 2 aromatic carbocycles. The molecule has 9 heteroatoms. The molecule has 2 bridgehead atoms. The third-order valence-corrected chi connectivity index (χ3v) is 9.46. The van der Waals surface area contributed by atoms with E-state index in [4.69, 9.17) is 16.3 Å². The third kappa shape index (κ3) is 2.91. The topological polar surface area (TPSA) is 81.5 Å². The number of hydrogen-bond acceptors (Lipinski definition) is 5. The predicted octanol–water partition coefficient (Wildman–Crippen LogP) is 6.02. The molecule has 2 atom stereocenters. The van der Waals surface area contributed by atoms with Crippen LogP contribution in [0.15, 0.2) is 71.8 Å². The fraction of sp³-hybridized carbons (Fsp3) is 0.286. The van der Waals surface area contributed by atoms with Gasteiger partial charge in [-0.1, -0.05) is 48.0 Å². The van der Waals surface area contributed by atoms with E-state index in [1.165, 1.54) is 3.97 Å². The first-order chi connectivity index (χ1) is 17.3. The average molecular weight is 536 g/mol. The second-order valence-corrected chi connectivity index (χ2v) is 13.0. The molecule has 0 saturated carbocycles. The second-order valence-electron chi connectivity index (χ2n) is 10.8. The van der Waals surface area contributed by atoms with Crippen LogP contribution in [0.3, 0.4) is 0 Å². The number of amides is 1. The monoisotopic (exact) mass is 535 g/mol. The van der Waals surface area contributed by atoms with Gasteiger partial charge in [-0.2, -0.15) is 0 Å². The number of pyridine rings is 1. The molecule has 37 heavy (non-hydrogen) atoms. The molecule has 2 aliphatic rings. The van der Waals surface area contributed by atoms with Crippen molar-refractivity contribution in [3.63, 3.8) is 0 Å². The molecule has 0 aliphatic carbocycles. The van der Waals surface area contributed by atoms with Crippen LogP contribution in [0.5, 0.6) is 0 Å². The standard InChI is InChI=1S/C28H26ClN3O4S/c1-26(2,3)36-25(33)32-27(4)19-15-16-30-24(29)22(19)28(32,5)21-18-13-9-10-14-20(18)31(23(21)27)37(34,35)17-11-7-6-8-12-17/h6-16H,1-5H3/t27-,28-/m1/s1. The normalized spacial score (nSPS) is 22.3. The summed E-state index contributed by atoms with van der Waals surface area (Å²) in [6, 6.07) is 17.5. The number of aromatic nitrogens is 2. The molecular weight excluding hydrogens is 510 g/mol. The Balaban J connectivity index is 1.77. The summed E-state index contributed by atoms with van der Waals surface area (Å²) in [6.07, 6.45) is 1.02. The SMILES string of the molecule is CC(C)(C)OC(=O)N1[C@@]2(C)c3c(ccnc3Cl)[C@]1(C)c1c2c2ccccc2n1S(=O)(=O)c1ccccc1. The van der Waals surface area contributed by atoms with Crippen molar-refractivity contribution in [1.82, 2.24) is 13.9 Å². The van der Waals surface area contributed by atoms with Crippen molar-refractivity contribution in [2.75, 3.05) is 0 Å². The Bertz CT molecular complexity index is 1730. The molecule has 0 spiro atoms. The molecule has 0 fully saturated rings. The summed E-state index contributed by atoms with van der Waals surface area (Å²) >= 11 is 6.71. The van der Waals surface area contributed by atoms with Crippen molar-refractivity contribution < 1.29 is 17.9 Å². The van der Waals surface area contributed by atoms with Gasteiger partial charge in [-0.25, -0.2) is 22.2 Å². The number of ether oxygens (including phenoxy) is 1. The number of rotatable bonds is 2. The molecule has 7 nitrogen and oxygen atoms in total. The number of para-hydroxylation sites is 1. The van der Waals surface area contributed by atoms with E-state index < -0.39 is 32.8 Å². The molecule has 4 aromatic rings. The number of halogens is 1. The highest BCUT2D eigenvalue weighted by atomic mass is 35.5. The van der Waals surface area contributed by atoms with Gasteiger partial charge in [-0.15, -0.1) is 0 Å². The third-order valence-electron chi connectivity index (χ3n) is 7.45. The van der Waals surface area contributed by atoms with Gasteiger partial charge in [0.1, 0.15) is 21.8 Å². The highest BCUT2D eigenvalue weighted by Crippen LogP contribution is 2.66. The Hall–Kier alpha value is -3.36. The highest BCUT2D eigenvalue weighted by Gasteiger charge is 2.69. The maximum Gasteiger partial charge on any atom is 0.412 e. The lowest BCUT2D eigenvalue weighted by atomic mass is 9.77. The van der Waals surface area contributed by atoms with E-state index in [9.17, 15) is 13.2 Å². The lowest BCUT2D eigenvalue weighted by Crippen LogP contribution is -2.49. The van der Waals surface area contributed by atoms with Crippen molar-refractivity contribution in [3.05, 3.63) is 94.4 Å². The molecule has 0 saturated heterocycles. The minimum Gasteiger partial charge on any atom is -0.444 e. The van der Waals surface area contributed by atoms with Gasteiger partial charge in [0, 0.05) is 22.7 Å². The van der Waals surface area contributed by atoms with Crippen molar-refractivity contribution in [1.29, 1.82) is 0 Å². The molecule has 4 heterocycles. The van der Waals surface area contributed by atoms with Gasteiger partial charge < -0.3 is 4.74 Å². The molecule has 0 N–H and O–H groups in total. The van der Waals surface area contributed by atoms with Crippen molar-refractivity contribution in [3.8, 4) is 0 Å². The fourth-order valence-corrected chi connectivity index (χ4v) is 8.20. The van der Waals surface area contributed by atoms with E-state index in [1.807, 2.05) is 38.1 Å². The van der Waals surface area contributed by atoms with Crippen LogP contribution in [0.4, 0.5) is 4.79 Å². The Morgan fingerprint density at radius 2 is 1.59 bits per heavy atom. The number of nitrogens with zero attached hydrogens (tertiary/aromatic N) is 3. The Morgan fingerprint density at radius 3 is 2.27 bits per heavy atom. The van der Waals surface area contributed by atoms with E-state index in [0.29, 0.717) is 22.3 Å². The van der Waals surface area contributed by atoms with Crippen molar-refractivity contribution in [2.24, 2.45) is 0 Å². The van der Waals surface area contributed by atoms with Crippen molar-refractivity contribution >= 4 is 38.6 Å². The van der Waals surface area contributed by atoms with Gasteiger partial charge in [0.2, 0.25) is 0 Å². The summed E-state index contributed by atoms with van der Waals surface area (Å²) in [5, 5.41) is 0.994. The van der Waals surface area contributed by atoms with Crippen LogP contribution in [0.2, 0.25) is 5.15 Å². The van der Waals surface area contributed by atoms with Gasteiger partial charge in [-0.3, -0.25) is 4.90 Å². The van der Waals surface area contributed by atoms with Gasteiger partial charge >= 0.3 is 6.09 Å². The highest BCUT2D eigenvalue weighted by molar-refractivity contribution is 7.90. The molecular formula is C28H26ClN3O4S. The first kappa shape index (κ1) is 24.0. The summed E-state index contributed by atoms with van der Waals surface area (Å²) in [5.41, 5.74) is 0.0594. The van der Waals surface area contributed by atoms with Crippen LogP contribution in [-0.4, -0.2) is 34.0 Å². The average Bonchev–Trinajstić information content (AvgIpc) is 3.37. The summed E-state index contributed by atoms with van der Waals surface area (Å²) in [6.45, 7) is 9.17. The zero-order valence-corrected chi connectivity index (χ0v) is 22.7. The summed E-state index contributed by atoms with van der Waals surface area (Å²) in [7, 11) is -4.04. The molecule has 0 radical (unpaired) electrons. The maximum absolute atomic E-state index is 14.3. The van der Waals surface area contributed by atoms with Gasteiger partial charge in [0.05, 0.1) is 16.1 Å². The van der Waals surface area contributed by atoms with Crippen LogP contribution in [0.25, 0.3) is 10.9 Å². The lowest BCUT2D eigenvalue weighted by Gasteiger charge is -2.38. The molecule has 190 valence electrons. The summed E-state index contributed by atoms with van der Waals surface area (Å²) in [4.78, 5) is 20.1. The van der Waals surface area contributed by atoms with E-state index in [-0.39, 0.29) is 10.0 Å². The smallest absolute Gasteiger partial charge is 0.412 e. The largest absolute Gasteiger partial charge is 0.444 e. The van der Waals surface area contributed by atoms with Crippen molar-refractivity contribution in [2.45, 2.75) is 56.2 Å². The number of carbonyl (C=O) groups excluding carboxylic acids is 1.